The lowest BCUT2D eigenvalue weighted by atomic mass is 10.2. The van der Waals surface area contributed by atoms with Gasteiger partial charge in [0.05, 0.1) is 12.5 Å². The Morgan fingerprint density at radius 2 is 2.00 bits per heavy atom. The minimum Gasteiger partial charge on any atom is -0.466 e. The maximum absolute atomic E-state index is 10.7. The van der Waals surface area contributed by atoms with Gasteiger partial charge in [0.15, 0.2) is 0 Å². The molecule has 0 spiro atoms. The van der Waals surface area contributed by atoms with Crippen molar-refractivity contribution >= 4 is 23.4 Å². The number of rotatable bonds is 6. The molecule has 0 unspecified atom stereocenters. The highest BCUT2D eigenvalue weighted by Gasteiger charge is 2.03. The maximum atomic E-state index is 10.7. The monoisotopic (exact) mass is 192 g/mol. The van der Waals surface area contributed by atoms with Crippen molar-refractivity contribution in [1.82, 2.24) is 0 Å². The molecule has 0 aliphatic rings. The first-order valence-electron chi connectivity index (χ1n) is 3.94. The van der Waals surface area contributed by atoms with E-state index in [1.54, 1.807) is 6.92 Å². The van der Waals surface area contributed by atoms with Crippen molar-refractivity contribution in [2.24, 2.45) is 0 Å². The number of ether oxygens (including phenoxy) is 1. The summed E-state index contributed by atoms with van der Waals surface area (Å²) >= 11 is 5.26. The Hall–Kier alpha value is -0.570. The molecule has 0 aliphatic carbocycles. The summed E-state index contributed by atoms with van der Waals surface area (Å²) < 4.78 is 4.67. The molecule has 0 aromatic heterocycles. The molecule has 0 saturated carbocycles. The molecular weight excluding hydrogens is 180 g/mol. The fraction of sp³-hybridized carbons (Fsp3) is 0.750. The molecule has 0 aromatic carbocycles. The third kappa shape index (κ3) is 6.16. The first-order valence-corrected chi connectivity index (χ1v) is 4.47. The van der Waals surface area contributed by atoms with Gasteiger partial charge in [-0.1, -0.05) is 0 Å². The van der Waals surface area contributed by atoms with Crippen molar-refractivity contribution in [2.75, 3.05) is 12.5 Å². The van der Waals surface area contributed by atoms with Gasteiger partial charge in [-0.15, -0.1) is 11.6 Å². The first kappa shape index (κ1) is 11.4. The van der Waals surface area contributed by atoms with E-state index in [-0.39, 0.29) is 17.6 Å². The van der Waals surface area contributed by atoms with Crippen molar-refractivity contribution in [3.63, 3.8) is 0 Å². The second-order valence-corrected chi connectivity index (χ2v) is 2.60. The molecule has 0 radical (unpaired) electrons. The van der Waals surface area contributed by atoms with E-state index in [0.29, 0.717) is 25.9 Å². The molecule has 12 heavy (non-hydrogen) atoms. The van der Waals surface area contributed by atoms with Crippen LogP contribution in [0.15, 0.2) is 0 Å². The lowest BCUT2D eigenvalue weighted by Gasteiger charge is -1.99. The Bertz CT molecular complexity index is 156. The second kappa shape index (κ2) is 7.10. The van der Waals surface area contributed by atoms with Crippen molar-refractivity contribution < 1.29 is 14.3 Å². The van der Waals surface area contributed by atoms with E-state index in [1.807, 2.05) is 0 Å². The van der Waals surface area contributed by atoms with Gasteiger partial charge in [0.1, 0.15) is 5.78 Å². The average Bonchev–Trinajstić information content (AvgIpc) is 2.04. The third-order valence-electron chi connectivity index (χ3n) is 1.29. The Labute approximate surface area is 77.0 Å². The van der Waals surface area contributed by atoms with Gasteiger partial charge in [0.25, 0.3) is 0 Å². The topological polar surface area (TPSA) is 43.4 Å². The summed E-state index contributed by atoms with van der Waals surface area (Å²) in [5, 5.41) is 0. The largest absolute Gasteiger partial charge is 0.466 e. The zero-order valence-corrected chi connectivity index (χ0v) is 7.89. The van der Waals surface area contributed by atoms with Crippen molar-refractivity contribution in [3.05, 3.63) is 0 Å². The van der Waals surface area contributed by atoms with Crippen molar-refractivity contribution in [3.8, 4) is 0 Å². The van der Waals surface area contributed by atoms with Crippen LogP contribution in [0.25, 0.3) is 0 Å². The Morgan fingerprint density at radius 3 is 2.50 bits per heavy atom. The molecule has 70 valence electrons. The minimum atomic E-state index is -0.250. The van der Waals surface area contributed by atoms with E-state index in [4.69, 9.17) is 11.6 Å². The van der Waals surface area contributed by atoms with Crippen LogP contribution in [-0.2, 0) is 14.3 Å². The quantitative estimate of drug-likeness (QED) is 0.474. The number of carbonyl (C=O) groups is 2. The second-order valence-electron chi connectivity index (χ2n) is 2.33. The van der Waals surface area contributed by atoms with E-state index in [1.165, 1.54) is 0 Å². The summed E-state index contributed by atoms with van der Waals surface area (Å²) in [6.45, 7) is 2.14. The van der Waals surface area contributed by atoms with Crippen LogP contribution in [0.5, 0.6) is 0 Å². The van der Waals surface area contributed by atoms with Gasteiger partial charge >= 0.3 is 5.97 Å². The lowest BCUT2D eigenvalue weighted by Crippen LogP contribution is -2.05. The molecule has 0 heterocycles. The van der Waals surface area contributed by atoms with E-state index < -0.39 is 0 Å². The van der Waals surface area contributed by atoms with Crippen LogP contribution in [0.1, 0.15) is 26.2 Å². The Morgan fingerprint density at radius 1 is 1.33 bits per heavy atom. The van der Waals surface area contributed by atoms with E-state index in [0.717, 1.165) is 0 Å². The highest BCUT2D eigenvalue weighted by Crippen LogP contribution is 1.99. The standard InChI is InChI=1S/C8H13ClO3/c1-2-12-8(11)5-3-4-7(10)6-9/h2-6H2,1H3. The predicted molar refractivity (Wildman–Crippen MR) is 46.2 cm³/mol. The number of hydrogen-bond donors (Lipinski definition) is 0. The van der Waals surface area contributed by atoms with Gasteiger partial charge in [-0.05, 0) is 13.3 Å². The van der Waals surface area contributed by atoms with Gasteiger partial charge in [-0.25, -0.2) is 0 Å². The molecule has 0 atom stereocenters. The van der Waals surface area contributed by atoms with E-state index in [9.17, 15) is 9.59 Å². The summed E-state index contributed by atoms with van der Waals surface area (Å²) in [5.74, 6) is -0.246. The fourth-order valence-electron chi connectivity index (χ4n) is 0.730. The number of carbonyl (C=O) groups excluding carboxylic acids is 2. The Kier molecular flexibility index (Phi) is 6.76. The normalized spacial score (nSPS) is 9.50. The van der Waals surface area contributed by atoms with Crippen LogP contribution in [0, 0.1) is 0 Å². The van der Waals surface area contributed by atoms with Crippen molar-refractivity contribution in [1.29, 1.82) is 0 Å². The summed E-state index contributed by atoms with van der Waals surface area (Å²) in [5.41, 5.74) is 0. The molecule has 3 nitrogen and oxygen atoms in total. The number of esters is 1. The molecule has 0 aromatic rings. The number of ketones is 1. The summed E-state index contributed by atoms with van der Waals surface area (Å²) in [4.78, 5) is 21.4. The van der Waals surface area contributed by atoms with Crippen LogP contribution in [-0.4, -0.2) is 24.2 Å². The van der Waals surface area contributed by atoms with E-state index >= 15 is 0 Å². The molecule has 4 heteroatoms. The van der Waals surface area contributed by atoms with Crippen LogP contribution in [0.4, 0.5) is 0 Å². The molecule has 0 bridgehead atoms. The minimum absolute atomic E-state index is 0.0269. The van der Waals surface area contributed by atoms with Crippen LogP contribution in [0.2, 0.25) is 0 Å². The number of halogens is 1. The van der Waals surface area contributed by atoms with Gasteiger partial charge in [-0.3, -0.25) is 9.59 Å². The predicted octanol–water partition coefficient (Wildman–Crippen LogP) is 1.53. The Balaban J connectivity index is 3.30. The molecule has 0 amide bonds. The van der Waals surface area contributed by atoms with Crippen LogP contribution >= 0.6 is 11.6 Å². The first-order chi connectivity index (χ1) is 5.70. The number of Topliss-reactive ketones (excluding diaryl/α,β-unsaturated/α-hetero) is 1. The fourth-order valence-corrected chi connectivity index (χ4v) is 0.863. The SMILES string of the molecule is CCOC(=O)CCCC(=O)CCl. The summed E-state index contributed by atoms with van der Waals surface area (Å²) in [7, 11) is 0. The summed E-state index contributed by atoms with van der Waals surface area (Å²) in [6.07, 6.45) is 1.20. The third-order valence-corrected chi connectivity index (χ3v) is 1.59. The summed E-state index contributed by atoms with van der Waals surface area (Å²) in [6, 6.07) is 0. The van der Waals surface area contributed by atoms with Gasteiger partial charge in [0.2, 0.25) is 0 Å². The average molecular weight is 193 g/mol. The molecular formula is C8H13ClO3. The highest BCUT2D eigenvalue weighted by molar-refractivity contribution is 6.27. The zero-order valence-electron chi connectivity index (χ0n) is 7.14. The van der Waals surface area contributed by atoms with Gasteiger partial charge in [-0.2, -0.15) is 0 Å². The number of hydrogen-bond acceptors (Lipinski definition) is 3. The van der Waals surface area contributed by atoms with Gasteiger partial charge < -0.3 is 4.74 Å². The maximum Gasteiger partial charge on any atom is 0.305 e. The van der Waals surface area contributed by atoms with Crippen molar-refractivity contribution in [2.45, 2.75) is 26.2 Å². The van der Waals surface area contributed by atoms with Crippen LogP contribution < -0.4 is 0 Å². The highest BCUT2D eigenvalue weighted by atomic mass is 35.5. The smallest absolute Gasteiger partial charge is 0.305 e. The molecule has 0 rings (SSSR count). The molecule has 0 saturated heterocycles. The molecule has 0 fully saturated rings. The lowest BCUT2D eigenvalue weighted by molar-refractivity contribution is -0.143. The molecule has 0 aliphatic heterocycles. The zero-order chi connectivity index (χ0) is 9.40. The van der Waals surface area contributed by atoms with Gasteiger partial charge in [0, 0.05) is 12.8 Å². The molecule has 0 N–H and O–H groups in total. The van der Waals surface area contributed by atoms with E-state index in [2.05, 4.69) is 4.74 Å². The number of alkyl halides is 1. The van der Waals surface area contributed by atoms with Crippen LogP contribution in [0.3, 0.4) is 0 Å².